The van der Waals surface area contributed by atoms with Crippen molar-refractivity contribution in [2.24, 2.45) is 0 Å². The van der Waals surface area contributed by atoms with E-state index in [2.05, 4.69) is 5.32 Å². The van der Waals surface area contributed by atoms with Crippen LogP contribution in [-0.4, -0.2) is 22.4 Å². The molecule has 1 aliphatic rings. The minimum atomic E-state index is -1.01. The summed E-state index contributed by atoms with van der Waals surface area (Å²) in [5.74, 6) is -0.904. The first-order valence-corrected chi connectivity index (χ1v) is 8.39. The van der Waals surface area contributed by atoms with Crippen molar-refractivity contribution < 1.29 is 14.0 Å². The van der Waals surface area contributed by atoms with E-state index in [1.807, 2.05) is 30.3 Å². The van der Waals surface area contributed by atoms with Crippen molar-refractivity contribution in [3.63, 3.8) is 0 Å². The zero-order valence-electron chi connectivity index (χ0n) is 13.8. The van der Waals surface area contributed by atoms with E-state index in [0.29, 0.717) is 12.8 Å². The molecule has 1 saturated heterocycles. The van der Waals surface area contributed by atoms with Gasteiger partial charge in [-0.15, -0.1) is 0 Å². The van der Waals surface area contributed by atoms with Crippen molar-refractivity contribution in [2.45, 2.75) is 31.8 Å². The highest BCUT2D eigenvalue weighted by Crippen LogP contribution is 2.27. The number of nitrogens with zero attached hydrogens (tertiary/aromatic N) is 1. The molecule has 0 aromatic heterocycles. The molecule has 3 rings (SSSR count). The van der Waals surface area contributed by atoms with Crippen LogP contribution in [0.15, 0.2) is 48.5 Å². The van der Waals surface area contributed by atoms with E-state index in [1.54, 1.807) is 6.92 Å². The van der Waals surface area contributed by atoms with Crippen molar-refractivity contribution in [2.75, 3.05) is 0 Å². The number of nitrogens with one attached hydrogen (secondary N) is 1. The predicted molar refractivity (Wildman–Crippen MR) is 93.7 cm³/mol. The van der Waals surface area contributed by atoms with Crippen molar-refractivity contribution >= 4 is 23.5 Å². The second-order valence-corrected chi connectivity index (χ2v) is 6.75. The number of hydrogen-bond acceptors (Lipinski definition) is 2. The van der Waals surface area contributed by atoms with Gasteiger partial charge in [0.2, 0.25) is 0 Å². The molecule has 1 fully saturated rings. The lowest BCUT2D eigenvalue weighted by atomic mass is 9.93. The largest absolute Gasteiger partial charge is 0.325 e. The Balaban J connectivity index is 1.75. The lowest BCUT2D eigenvalue weighted by molar-refractivity contribution is -0.131. The lowest BCUT2D eigenvalue weighted by Gasteiger charge is -2.22. The summed E-state index contributed by atoms with van der Waals surface area (Å²) in [5, 5.41) is 2.92. The molecular weight excluding hydrogens is 343 g/mol. The van der Waals surface area contributed by atoms with Crippen LogP contribution in [0.2, 0.25) is 5.02 Å². The molecule has 3 amide bonds. The van der Waals surface area contributed by atoms with Crippen molar-refractivity contribution in [3.8, 4) is 0 Å². The fourth-order valence-corrected chi connectivity index (χ4v) is 3.16. The van der Waals surface area contributed by atoms with Crippen LogP contribution in [0.5, 0.6) is 0 Å². The molecule has 1 heterocycles. The van der Waals surface area contributed by atoms with Crippen LogP contribution in [0.3, 0.4) is 0 Å². The van der Waals surface area contributed by atoms with Crippen molar-refractivity contribution in [3.05, 3.63) is 70.5 Å². The second-order valence-electron chi connectivity index (χ2n) is 6.34. The number of hydrogen-bond donors (Lipinski definition) is 1. The number of urea groups is 1. The van der Waals surface area contributed by atoms with Gasteiger partial charge in [-0.25, -0.2) is 9.18 Å². The van der Waals surface area contributed by atoms with Gasteiger partial charge in [0, 0.05) is 10.6 Å². The minimum Gasteiger partial charge on any atom is -0.323 e. The van der Waals surface area contributed by atoms with E-state index >= 15 is 0 Å². The third kappa shape index (κ3) is 3.51. The summed E-state index contributed by atoms with van der Waals surface area (Å²) < 4.78 is 14.0. The number of aryl methyl sites for hydroxylation is 1. The van der Waals surface area contributed by atoms with Gasteiger partial charge in [0.1, 0.15) is 11.4 Å². The quantitative estimate of drug-likeness (QED) is 0.821. The third-order valence-corrected chi connectivity index (χ3v) is 4.83. The first kappa shape index (κ1) is 17.4. The van der Waals surface area contributed by atoms with Crippen LogP contribution in [0, 0.1) is 5.82 Å². The monoisotopic (exact) mass is 360 g/mol. The van der Waals surface area contributed by atoms with Gasteiger partial charge in [0.05, 0.1) is 6.54 Å². The first-order valence-electron chi connectivity index (χ1n) is 8.02. The Morgan fingerprint density at radius 3 is 2.52 bits per heavy atom. The van der Waals surface area contributed by atoms with E-state index < -0.39 is 17.4 Å². The Labute approximate surface area is 150 Å². The number of rotatable bonds is 5. The number of carbonyl (C=O) groups excluding carboxylic acids is 2. The number of carbonyl (C=O) groups is 2. The molecule has 6 heteroatoms. The van der Waals surface area contributed by atoms with E-state index in [4.69, 9.17) is 11.6 Å². The molecule has 4 nitrogen and oxygen atoms in total. The molecule has 0 aliphatic carbocycles. The molecule has 0 bridgehead atoms. The fraction of sp³-hybridized carbons (Fsp3) is 0.263. The summed E-state index contributed by atoms with van der Waals surface area (Å²) in [4.78, 5) is 26.1. The maximum absolute atomic E-state index is 14.0. The Kier molecular flexibility index (Phi) is 4.77. The first-order chi connectivity index (χ1) is 11.9. The van der Waals surface area contributed by atoms with Gasteiger partial charge in [0.15, 0.2) is 0 Å². The van der Waals surface area contributed by atoms with Gasteiger partial charge >= 0.3 is 6.03 Å². The molecule has 25 heavy (non-hydrogen) atoms. The molecule has 2 aromatic carbocycles. The SMILES string of the molecule is C[C@]1(CCc2ccccc2)NC(=O)N(Cc2c(F)cccc2Cl)C1=O. The Hall–Kier alpha value is -2.40. The number of imide groups is 1. The summed E-state index contributed by atoms with van der Waals surface area (Å²) in [6.07, 6.45) is 1.11. The maximum atomic E-state index is 14.0. The predicted octanol–water partition coefficient (Wildman–Crippen LogP) is 3.92. The van der Waals surface area contributed by atoms with Crippen molar-refractivity contribution in [1.29, 1.82) is 0 Å². The third-order valence-electron chi connectivity index (χ3n) is 4.48. The minimum absolute atomic E-state index is 0.139. The molecule has 1 N–H and O–H groups in total. The summed E-state index contributed by atoms with van der Waals surface area (Å²) in [6, 6.07) is 13.5. The van der Waals surface area contributed by atoms with E-state index in [9.17, 15) is 14.0 Å². The van der Waals surface area contributed by atoms with Gasteiger partial charge in [-0.2, -0.15) is 0 Å². The zero-order chi connectivity index (χ0) is 18.0. The average Bonchev–Trinajstić information content (AvgIpc) is 2.80. The average molecular weight is 361 g/mol. The molecule has 1 atom stereocenters. The highest BCUT2D eigenvalue weighted by molar-refractivity contribution is 6.31. The van der Waals surface area contributed by atoms with Crippen LogP contribution >= 0.6 is 11.6 Å². The van der Waals surface area contributed by atoms with E-state index in [1.165, 1.54) is 18.2 Å². The second kappa shape index (κ2) is 6.84. The molecule has 130 valence electrons. The summed E-state index contributed by atoms with van der Waals surface area (Å²) >= 11 is 6.01. The number of amides is 3. The van der Waals surface area contributed by atoms with E-state index in [0.717, 1.165) is 10.5 Å². The smallest absolute Gasteiger partial charge is 0.323 e. The molecule has 1 aliphatic heterocycles. The van der Waals surface area contributed by atoms with Gasteiger partial charge in [-0.1, -0.05) is 48.0 Å². The van der Waals surface area contributed by atoms with Gasteiger partial charge in [0.25, 0.3) is 5.91 Å². The number of halogens is 2. The van der Waals surface area contributed by atoms with Gasteiger partial charge in [-0.05, 0) is 37.5 Å². The molecule has 0 saturated carbocycles. The topological polar surface area (TPSA) is 49.4 Å². The molecule has 0 spiro atoms. The summed E-state index contributed by atoms with van der Waals surface area (Å²) in [6.45, 7) is 1.51. The lowest BCUT2D eigenvalue weighted by Crippen LogP contribution is -2.44. The fourth-order valence-electron chi connectivity index (χ4n) is 2.94. The Morgan fingerprint density at radius 2 is 1.84 bits per heavy atom. The van der Waals surface area contributed by atoms with Crippen LogP contribution < -0.4 is 5.32 Å². The summed E-state index contributed by atoms with van der Waals surface area (Å²) in [5.41, 5.74) is 0.214. The van der Waals surface area contributed by atoms with Crippen LogP contribution in [0.4, 0.5) is 9.18 Å². The molecule has 0 radical (unpaired) electrons. The van der Waals surface area contributed by atoms with Crippen LogP contribution in [0.25, 0.3) is 0 Å². The zero-order valence-corrected chi connectivity index (χ0v) is 14.5. The highest BCUT2D eigenvalue weighted by Gasteiger charge is 2.47. The van der Waals surface area contributed by atoms with E-state index in [-0.39, 0.29) is 23.0 Å². The molecule has 2 aromatic rings. The standard InChI is InChI=1S/C19H18ClFN2O2/c1-19(11-10-13-6-3-2-4-7-13)17(24)23(18(25)22-19)12-14-15(20)8-5-9-16(14)21/h2-9H,10-12H2,1H3,(H,22,25)/t19-/m1/s1. The molecule has 0 unspecified atom stereocenters. The van der Waals surface area contributed by atoms with Crippen LogP contribution in [-0.2, 0) is 17.8 Å². The Bertz CT molecular complexity index is 792. The normalized spacial score (nSPS) is 20.0. The Morgan fingerprint density at radius 1 is 1.12 bits per heavy atom. The number of benzene rings is 2. The highest BCUT2D eigenvalue weighted by atomic mass is 35.5. The summed E-state index contributed by atoms with van der Waals surface area (Å²) in [7, 11) is 0. The van der Waals surface area contributed by atoms with Crippen molar-refractivity contribution in [1.82, 2.24) is 10.2 Å². The maximum Gasteiger partial charge on any atom is 0.325 e. The molecular formula is C19H18ClFN2O2. The van der Waals surface area contributed by atoms with Crippen LogP contribution in [0.1, 0.15) is 24.5 Å². The van der Waals surface area contributed by atoms with Gasteiger partial charge in [-0.3, -0.25) is 9.69 Å². The van der Waals surface area contributed by atoms with Gasteiger partial charge < -0.3 is 5.32 Å².